The Kier molecular flexibility index (Phi) is 3.88. The zero-order valence-corrected chi connectivity index (χ0v) is 12.4. The van der Waals surface area contributed by atoms with Gasteiger partial charge in [-0.2, -0.15) is 0 Å². The van der Waals surface area contributed by atoms with Crippen molar-refractivity contribution in [1.82, 2.24) is 14.9 Å². The summed E-state index contributed by atoms with van der Waals surface area (Å²) in [5, 5.41) is 3.38. The molecule has 3 heteroatoms. The monoisotopic (exact) mass is 269 g/mol. The molecule has 3 nitrogen and oxygen atoms in total. The number of hydrogen-bond donors (Lipinski definition) is 1. The predicted octanol–water partition coefficient (Wildman–Crippen LogP) is 3.17. The molecule has 1 aromatic carbocycles. The fraction of sp³-hybridized carbons (Fsp3) is 0.471. The van der Waals surface area contributed by atoms with Crippen molar-refractivity contribution in [2.24, 2.45) is 0 Å². The van der Waals surface area contributed by atoms with Crippen LogP contribution in [-0.4, -0.2) is 16.1 Å². The maximum atomic E-state index is 4.60. The largest absolute Gasteiger partial charge is 0.313 e. The number of fused-ring (bicyclic) bond motifs is 1. The third-order valence-electron chi connectivity index (χ3n) is 4.13. The molecule has 0 saturated carbocycles. The lowest BCUT2D eigenvalue weighted by Gasteiger charge is -2.16. The van der Waals surface area contributed by atoms with Crippen LogP contribution in [0.15, 0.2) is 24.5 Å². The Hall–Kier alpha value is -1.61. The molecule has 0 saturated heterocycles. The SMILES string of the molecule is CCNCc1ccc(-n2cnc3c2CCCC3)c(C)c1. The van der Waals surface area contributed by atoms with Gasteiger partial charge in [0.1, 0.15) is 0 Å². The van der Waals surface area contributed by atoms with Crippen LogP contribution in [0.5, 0.6) is 0 Å². The summed E-state index contributed by atoms with van der Waals surface area (Å²) in [6.45, 7) is 6.29. The zero-order valence-electron chi connectivity index (χ0n) is 12.4. The second kappa shape index (κ2) is 5.80. The molecule has 3 rings (SSSR count). The topological polar surface area (TPSA) is 29.9 Å². The molecule has 1 aliphatic rings. The number of rotatable bonds is 4. The molecule has 0 fully saturated rings. The quantitative estimate of drug-likeness (QED) is 0.924. The Morgan fingerprint density at radius 2 is 2.10 bits per heavy atom. The highest BCUT2D eigenvalue weighted by Gasteiger charge is 2.16. The van der Waals surface area contributed by atoms with Crippen molar-refractivity contribution in [2.45, 2.75) is 46.1 Å². The molecule has 0 amide bonds. The van der Waals surface area contributed by atoms with E-state index in [0.29, 0.717) is 0 Å². The first-order chi connectivity index (χ1) is 9.79. The summed E-state index contributed by atoms with van der Waals surface area (Å²) in [6.07, 6.45) is 6.87. The molecule has 0 bridgehead atoms. The van der Waals surface area contributed by atoms with E-state index in [4.69, 9.17) is 0 Å². The minimum atomic E-state index is 0.944. The van der Waals surface area contributed by atoms with Crippen LogP contribution in [0.1, 0.15) is 42.3 Å². The Morgan fingerprint density at radius 3 is 2.90 bits per heavy atom. The first-order valence-corrected chi connectivity index (χ1v) is 7.65. The van der Waals surface area contributed by atoms with Crippen LogP contribution < -0.4 is 5.32 Å². The predicted molar refractivity (Wildman–Crippen MR) is 82.3 cm³/mol. The third-order valence-corrected chi connectivity index (χ3v) is 4.13. The van der Waals surface area contributed by atoms with Crippen LogP contribution in [0.25, 0.3) is 5.69 Å². The highest BCUT2D eigenvalue weighted by molar-refractivity contribution is 5.45. The number of nitrogens with zero attached hydrogens (tertiary/aromatic N) is 2. The van der Waals surface area contributed by atoms with E-state index in [0.717, 1.165) is 25.9 Å². The van der Waals surface area contributed by atoms with Crippen LogP contribution in [0.2, 0.25) is 0 Å². The average Bonchev–Trinajstić information content (AvgIpc) is 2.89. The molecular weight excluding hydrogens is 246 g/mol. The maximum absolute atomic E-state index is 4.60. The fourth-order valence-corrected chi connectivity index (χ4v) is 3.04. The lowest BCUT2D eigenvalue weighted by Crippen LogP contribution is -2.12. The Balaban J connectivity index is 1.92. The Morgan fingerprint density at radius 1 is 1.25 bits per heavy atom. The van der Waals surface area contributed by atoms with Crippen molar-refractivity contribution in [2.75, 3.05) is 6.54 Å². The molecule has 1 aliphatic carbocycles. The van der Waals surface area contributed by atoms with Gasteiger partial charge in [-0.25, -0.2) is 4.98 Å². The molecule has 0 radical (unpaired) electrons. The lowest BCUT2D eigenvalue weighted by atomic mass is 10.0. The number of aryl methyl sites for hydroxylation is 2. The molecule has 0 spiro atoms. The molecule has 2 aromatic rings. The van der Waals surface area contributed by atoms with Gasteiger partial charge in [0.15, 0.2) is 0 Å². The van der Waals surface area contributed by atoms with E-state index >= 15 is 0 Å². The summed E-state index contributed by atoms with van der Waals surface area (Å²) in [7, 11) is 0. The van der Waals surface area contributed by atoms with Gasteiger partial charge in [0.25, 0.3) is 0 Å². The molecular formula is C17H23N3. The van der Waals surface area contributed by atoms with Gasteiger partial charge in [-0.05, 0) is 56.3 Å². The van der Waals surface area contributed by atoms with E-state index in [2.05, 4.69) is 46.9 Å². The van der Waals surface area contributed by atoms with E-state index in [1.807, 2.05) is 6.33 Å². The summed E-state index contributed by atoms with van der Waals surface area (Å²) in [6, 6.07) is 6.74. The van der Waals surface area contributed by atoms with Crippen LogP contribution in [0.3, 0.4) is 0 Å². The van der Waals surface area contributed by atoms with E-state index in [1.165, 1.54) is 41.0 Å². The molecule has 0 unspecified atom stereocenters. The molecule has 0 aliphatic heterocycles. The minimum absolute atomic E-state index is 0.944. The van der Waals surface area contributed by atoms with E-state index in [9.17, 15) is 0 Å². The van der Waals surface area contributed by atoms with Crippen LogP contribution in [-0.2, 0) is 19.4 Å². The van der Waals surface area contributed by atoms with Gasteiger partial charge in [-0.3, -0.25) is 0 Å². The molecule has 106 valence electrons. The van der Waals surface area contributed by atoms with Crippen LogP contribution in [0.4, 0.5) is 0 Å². The van der Waals surface area contributed by atoms with Crippen molar-refractivity contribution in [1.29, 1.82) is 0 Å². The van der Waals surface area contributed by atoms with Gasteiger partial charge < -0.3 is 9.88 Å². The standard InChI is InChI=1S/C17H23N3/c1-3-18-11-14-8-9-16(13(2)10-14)20-12-19-15-6-4-5-7-17(15)20/h8-10,12,18H,3-7,11H2,1-2H3. The van der Waals surface area contributed by atoms with Crippen molar-refractivity contribution in [3.8, 4) is 5.69 Å². The van der Waals surface area contributed by atoms with Gasteiger partial charge in [-0.15, -0.1) is 0 Å². The number of nitrogens with one attached hydrogen (secondary N) is 1. The molecule has 1 N–H and O–H groups in total. The summed E-state index contributed by atoms with van der Waals surface area (Å²) in [5.74, 6) is 0. The van der Waals surface area contributed by atoms with Crippen molar-refractivity contribution in [3.05, 3.63) is 47.0 Å². The van der Waals surface area contributed by atoms with E-state index in [-0.39, 0.29) is 0 Å². The van der Waals surface area contributed by atoms with Gasteiger partial charge in [0.2, 0.25) is 0 Å². The fourth-order valence-electron chi connectivity index (χ4n) is 3.04. The summed E-state index contributed by atoms with van der Waals surface area (Å²) >= 11 is 0. The zero-order chi connectivity index (χ0) is 13.9. The maximum Gasteiger partial charge on any atom is 0.0997 e. The summed E-state index contributed by atoms with van der Waals surface area (Å²) in [4.78, 5) is 4.60. The van der Waals surface area contributed by atoms with Gasteiger partial charge >= 0.3 is 0 Å². The third kappa shape index (κ3) is 2.50. The lowest BCUT2D eigenvalue weighted by molar-refractivity contribution is 0.655. The van der Waals surface area contributed by atoms with Crippen molar-refractivity contribution < 1.29 is 0 Å². The van der Waals surface area contributed by atoms with Gasteiger partial charge in [0, 0.05) is 17.9 Å². The number of aromatic nitrogens is 2. The average molecular weight is 269 g/mol. The summed E-state index contributed by atoms with van der Waals surface area (Å²) in [5.41, 5.74) is 6.67. The first kappa shape index (κ1) is 13.4. The second-order valence-electron chi connectivity index (χ2n) is 5.62. The molecule has 1 heterocycles. The van der Waals surface area contributed by atoms with Crippen molar-refractivity contribution >= 4 is 0 Å². The van der Waals surface area contributed by atoms with Crippen LogP contribution in [0, 0.1) is 6.92 Å². The molecule has 20 heavy (non-hydrogen) atoms. The highest BCUT2D eigenvalue weighted by Crippen LogP contribution is 2.25. The Bertz CT molecular complexity index is 598. The Labute approximate surface area is 121 Å². The normalized spacial score (nSPS) is 14.3. The number of imidazole rings is 1. The van der Waals surface area contributed by atoms with Crippen LogP contribution >= 0.6 is 0 Å². The minimum Gasteiger partial charge on any atom is -0.313 e. The van der Waals surface area contributed by atoms with Gasteiger partial charge in [-0.1, -0.05) is 19.1 Å². The van der Waals surface area contributed by atoms with E-state index in [1.54, 1.807) is 0 Å². The summed E-state index contributed by atoms with van der Waals surface area (Å²) < 4.78 is 2.29. The number of benzene rings is 1. The number of hydrogen-bond acceptors (Lipinski definition) is 2. The van der Waals surface area contributed by atoms with Gasteiger partial charge in [0.05, 0.1) is 12.0 Å². The molecule has 1 aromatic heterocycles. The van der Waals surface area contributed by atoms with Crippen molar-refractivity contribution in [3.63, 3.8) is 0 Å². The smallest absolute Gasteiger partial charge is 0.0997 e. The highest BCUT2D eigenvalue weighted by atomic mass is 15.1. The second-order valence-corrected chi connectivity index (χ2v) is 5.62. The molecule has 0 atom stereocenters. The first-order valence-electron chi connectivity index (χ1n) is 7.65. The van der Waals surface area contributed by atoms with E-state index < -0.39 is 0 Å².